The smallest absolute Gasteiger partial charge is 0.254 e. The van der Waals surface area contributed by atoms with E-state index >= 15 is 4.39 Å². The summed E-state index contributed by atoms with van der Waals surface area (Å²) in [5, 5.41) is 0. The topological polar surface area (TPSA) is 75.9 Å². The van der Waals surface area contributed by atoms with Gasteiger partial charge in [-0.25, -0.2) is 8.78 Å². The molecule has 0 atom stereocenters. The zero-order valence-corrected chi connectivity index (χ0v) is 21.7. The van der Waals surface area contributed by atoms with Gasteiger partial charge in [-0.3, -0.25) is 9.59 Å². The van der Waals surface area contributed by atoms with E-state index in [-0.39, 0.29) is 23.5 Å². The lowest BCUT2D eigenvalue weighted by Gasteiger charge is -2.34. The number of halogens is 2. The number of rotatable bonds is 8. The van der Waals surface area contributed by atoms with E-state index in [9.17, 15) is 14.0 Å². The molecule has 2 fully saturated rings. The number of carbonyl (C=O) groups excluding carboxylic acids is 2. The van der Waals surface area contributed by atoms with Crippen LogP contribution in [0.15, 0.2) is 42.5 Å². The fourth-order valence-corrected chi connectivity index (χ4v) is 5.29. The monoisotopic (exact) mass is 513 g/mol. The first-order chi connectivity index (χ1) is 17.6. The lowest BCUT2D eigenvalue weighted by Crippen LogP contribution is -2.41. The van der Waals surface area contributed by atoms with Crippen LogP contribution in [-0.2, 0) is 4.79 Å². The zero-order valence-electron chi connectivity index (χ0n) is 21.7. The van der Waals surface area contributed by atoms with Crippen LogP contribution >= 0.6 is 0 Å². The number of ether oxygens (including phenoxy) is 1. The largest absolute Gasteiger partial charge is 0.490 e. The Morgan fingerprint density at radius 3 is 2.32 bits per heavy atom. The molecule has 6 nitrogen and oxygen atoms in total. The number of primary amides is 1. The highest BCUT2D eigenvalue weighted by Crippen LogP contribution is 2.31. The molecule has 2 aliphatic rings. The van der Waals surface area contributed by atoms with Crippen LogP contribution in [0.2, 0.25) is 0 Å². The van der Waals surface area contributed by atoms with Gasteiger partial charge in [0.15, 0.2) is 11.6 Å². The lowest BCUT2D eigenvalue weighted by atomic mass is 9.94. The van der Waals surface area contributed by atoms with Crippen molar-refractivity contribution in [2.45, 2.75) is 45.2 Å². The minimum absolute atomic E-state index is 0.137. The molecule has 0 aromatic heterocycles. The molecule has 0 bridgehead atoms. The summed E-state index contributed by atoms with van der Waals surface area (Å²) in [6, 6.07) is 12.0. The van der Waals surface area contributed by atoms with E-state index in [0.29, 0.717) is 61.7 Å². The minimum atomic E-state index is -1.21. The van der Waals surface area contributed by atoms with Gasteiger partial charge in [-0.15, -0.1) is 0 Å². The number of carbonyl (C=O) groups is 2. The van der Waals surface area contributed by atoms with E-state index in [2.05, 4.69) is 4.90 Å². The molecule has 200 valence electrons. The van der Waals surface area contributed by atoms with Gasteiger partial charge in [0.2, 0.25) is 5.91 Å². The first kappa shape index (κ1) is 27.0. The van der Waals surface area contributed by atoms with Crippen molar-refractivity contribution in [3.8, 4) is 16.9 Å². The molecule has 2 aromatic carbocycles. The van der Waals surface area contributed by atoms with Gasteiger partial charge >= 0.3 is 0 Å². The maximum absolute atomic E-state index is 15.0. The van der Waals surface area contributed by atoms with E-state index < -0.39 is 11.5 Å². The number of likely N-dealkylation sites (tertiary alicyclic amines) is 2. The van der Waals surface area contributed by atoms with Crippen molar-refractivity contribution >= 4 is 11.8 Å². The quantitative estimate of drug-likeness (QED) is 0.557. The number of benzene rings is 2. The number of amides is 2. The Morgan fingerprint density at radius 2 is 1.70 bits per heavy atom. The first-order valence-corrected chi connectivity index (χ1v) is 13.1. The molecule has 2 saturated heterocycles. The van der Waals surface area contributed by atoms with E-state index in [1.54, 1.807) is 43.0 Å². The number of piperidine rings is 2. The van der Waals surface area contributed by atoms with Crippen LogP contribution in [0.25, 0.3) is 11.1 Å². The second-order valence-electron chi connectivity index (χ2n) is 10.9. The second-order valence-corrected chi connectivity index (χ2v) is 10.9. The van der Waals surface area contributed by atoms with Crippen LogP contribution in [0, 0.1) is 17.7 Å². The Morgan fingerprint density at radius 1 is 1.03 bits per heavy atom. The molecule has 37 heavy (non-hydrogen) atoms. The summed E-state index contributed by atoms with van der Waals surface area (Å²) in [5.41, 5.74) is 5.95. The van der Waals surface area contributed by atoms with Crippen LogP contribution in [0.4, 0.5) is 8.78 Å². The fourth-order valence-electron chi connectivity index (χ4n) is 5.29. The number of nitrogens with zero attached hydrogens (tertiary/aromatic N) is 2. The SMILES string of the molecule is CC(C)(F)CN1CCC(COc2ccc(-c3ccccc3C(=O)N3CCC(C(N)=O)CC3)cc2F)CC1. The number of hydrogen-bond acceptors (Lipinski definition) is 4. The van der Waals surface area contributed by atoms with Crippen molar-refractivity contribution in [2.24, 2.45) is 17.6 Å². The predicted molar refractivity (Wildman–Crippen MR) is 140 cm³/mol. The van der Waals surface area contributed by atoms with Gasteiger partial charge in [0.05, 0.1) is 6.61 Å². The van der Waals surface area contributed by atoms with Crippen molar-refractivity contribution in [1.82, 2.24) is 9.80 Å². The maximum atomic E-state index is 15.0. The first-order valence-electron chi connectivity index (χ1n) is 13.1. The van der Waals surface area contributed by atoms with Gasteiger partial charge < -0.3 is 20.3 Å². The molecule has 0 unspecified atom stereocenters. The summed E-state index contributed by atoms with van der Waals surface area (Å²) < 4.78 is 34.8. The van der Waals surface area contributed by atoms with Crippen molar-refractivity contribution < 1.29 is 23.1 Å². The molecule has 2 aliphatic heterocycles. The normalized spacial score (nSPS) is 18.1. The van der Waals surface area contributed by atoms with Gasteiger partial charge in [-0.05, 0) is 87.9 Å². The Bertz CT molecular complexity index is 1100. The highest BCUT2D eigenvalue weighted by Gasteiger charge is 2.28. The van der Waals surface area contributed by atoms with Gasteiger partial charge in [0.1, 0.15) is 5.67 Å². The van der Waals surface area contributed by atoms with Gasteiger partial charge in [0.25, 0.3) is 5.91 Å². The van der Waals surface area contributed by atoms with Gasteiger partial charge in [0, 0.05) is 31.1 Å². The van der Waals surface area contributed by atoms with Crippen molar-refractivity contribution in [3.63, 3.8) is 0 Å². The average Bonchev–Trinajstić information content (AvgIpc) is 2.87. The molecular weight excluding hydrogens is 476 g/mol. The van der Waals surface area contributed by atoms with Crippen molar-refractivity contribution in [3.05, 3.63) is 53.8 Å². The predicted octanol–water partition coefficient (Wildman–Crippen LogP) is 4.67. The molecule has 0 spiro atoms. The highest BCUT2D eigenvalue weighted by atomic mass is 19.1. The molecule has 2 heterocycles. The molecule has 0 saturated carbocycles. The molecule has 4 rings (SSSR count). The molecule has 2 aromatic rings. The summed E-state index contributed by atoms with van der Waals surface area (Å²) >= 11 is 0. The summed E-state index contributed by atoms with van der Waals surface area (Å²) in [7, 11) is 0. The van der Waals surface area contributed by atoms with E-state index in [1.807, 2.05) is 12.1 Å². The van der Waals surface area contributed by atoms with Crippen molar-refractivity contribution in [1.29, 1.82) is 0 Å². The highest BCUT2D eigenvalue weighted by molar-refractivity contribution is 6.01. The number of nitrogens with two attached hydrogens (primary N) is 1. The molecule has 0 aliphatic carbocycles. The van der Waals surface area contributed by atoms with Gasteiger partial charge in [-0.2, -0.15) is 0 Å². The Balaban J connectivity index is 1.38. The molecule has 0 radical (unpaired) electrons. The fraction of sp³-hybridized carbons (Fsp3) is 0.517. The lowest BCUT2D eigenvalue weighted by molar-refractivity contribution is -0.123. The van der Waals surface area contributed by atoms with Gasteiger partial charge in [-0.1, -0.05) is 24.3 Å². The number of hydrogen-bond donors (Lipinski definition) is 1. The molecular formula is C29H37F2N3O3. The third-order valence-corrected chi connectivity index (χ3v) is 7.37. The van der Waals surface area contributed by atoms with Crippen LogP contribution < -0.4 is 10.5 Å². The van der Waals surface area contributed by atoms with Crippen LogP contribution in [0.3, 0.4) is 0 Å². The van der Waals surface area contributed by atoms with Crippen molar-refractivity contribution in [2.75, 3.05) is 39.3 Å². The summed E-state index contributed by atoms with van der Waals surface area (Å²) in [4.78, 5) is 28.6. The third kappa shape index (κ3) is 7.06. The Kier molecular flexibility index (Phi) is 8.47. The molecule has 2 amide bonds. The zero-order chi connectivity index (χ0) is 26.6. The molecule has 2 N–H and O–H groups in total. The summed E-state index contributed by atoms with van der Waals surface area (Å²) in [6.45, 7) is 6.58. The molecule has 8 heteroatoms. The average molecular weight is 514 g/mol. The van der Waals surface area contributed by atoms with Crippen LogP contribution in [0.1, 0.15) is 49.9 Å². The van der Waals surface area contributed by atoms with Crippen LogP contribution in [0.5, 0.6) is 5.75 Å². The maximum Gasteiger partial charge on any atom is 0.254 e. The van der Waals surface area contributed by atoms with E-state index in [4.69, 9.17) is 10.5 Å². The Labute approximate surface area is 217 Å². The second kappa shape index (κ2) is 11.6. The summed E-state index contributed by atoms with van der Waals surface area (Å²) in [6.07, 6.45) is 2.89. The number of alkyl halides is 1. The Hall–Kier alpha value is -3.00. The van der Waals surface area contributed by atoms with E-state index in [1.165, 1.54) is 6.07 Å². The van der Waals surface area contributed by atoms with E-state index in [0.717, 1.165) is 25.9 Å². The van der Waals surface area contributed by atoms with Crippen LogP contribution in [-0.4, -0.2) is 66.6 Å². The standard InChI is InChI=1S/C29H37F2N3O3/c1-29(2,31)19-33-13-9-20(10-14-33)18-37-26-8-7-22(17-25(26)30)23-5-3-4-6-24(23)28(36)34-15-11-21(12-16-34)27(32)35/h3-8,17,20-21H,9-16,18-19H2,1-2H3,(H2,32,35). The third-order valence-electron chi connectivity index (χ3n) is 7.37. The minimum Gasteiger partial charge on any atom is -0.490 e. The summed E-state index contributed by atoms with van der Waals surface area (Å²) in [5.74, 6) is -0.642.